The van der Waals surface area contributed by atoms with Gasteiger partial charge in [0.2, 0.25) is 0 Å². The van der Waals surface area contributed by atoms with Crippen molar-refractivity contribution in [2.75, 3.05) is 6.61 Å². The first-order valence-corrected chi connectivity index (χ1v) is 6.83. The van der Waals surface area contributed by atoms with Crippen molar-refractivity contribution >= 4 is 0 Å². The van der Waals surface area contributed by atoms with Crippen LogP contribution in [0.4, 0.5) is 4.39 Å². The molecule has 3 N–H and O–H groups in total. The van der Waals surface area contributed by atoms with Crippen LogP contribution in [0.25, 0.3) is 0 Å². The average molecular weight is 287 g/mol. The molecule has 0 aliphatic carbocycles. The van der Waals surface area contributed by atoms with E-state index in [4.69, 9.17) is 4.74 Å². The highest BCUT2D eigenvalue weighted by atomic mass is 19.1. The van der Waals surface area contributed by atoms with Crippen molar-refractivity contribution in [2.45, 2.75) is 18.3 Å². The summed E-state index contributed by atoms with van der Waals surface area (Å²) in [4.78, 5) is 0. The molecule has 21 heavy (non-hydrogen) atoms. The van der Waals surface area contributed by atoms with Crippen molar-refractivity contribution in [3.63, 3.8) is 0 Å². The summed E-state index contributed by atoms with van der Waals surface area (Å²) in [6, 6.07) is 10.1. The number of rotatable bonds is 0. The molecule has 3 unspecified atom stereocenters. The molecule has 0 spiro atoms. The topological polar surface area (TPSA) is 61.7 Å². The molecule has 2 aromatic carbocycles. The number of phenolic OH excluding ortho intramolecular Hbond substituents is 2. The number of benzene rings is 2. The van der Waals surface area contributed by atoms with Crippen molar-refractivity contribution in [1.29, 1.82) is 0 Å². The summed E-state index contributed by atoms with van der Waals surface area (Å²) in [7, 11) is 0. The first-order valence-electron chi connectivity index (χ1n) is 6.83. The van der Waals surface area contributed by atoms with E-state index in [1.807, 2.05) is 18.2 Å². The zero-order valence-corrected chi connectivity index (χ0v) is 11.1. The summed E-state index contributed by atoms with van der Waals surface area (Å²) >= 11 is 0. The van der Waals surface area contributed by atoms with Crippen LogP contribution in [0.2, 0.25) is 0 Å². The van der Waals surface area contributed by atoms with Gasteiger partial charge in [-0.25, -0.2) is 4.39 Å². The Labute approximate surface area is 120 Å². The fraction of sp³-hybridized carbons (Fsp3) is 0.250. The first-order chi connectivity index (χ1) is 10.1. The van der Waals surface area contributed by atoms with Crippen LogP contribution in [0.15, 0.2) is 36.4 Å². The van der Waals surface area contributed by atoms with E-state index in [0.717, 1.165) is 11.1 Å². The number of aromatic hydroxyl groups is 2. The summed E-state index contributed by atoms with van der Waals surface area (Å²) in [6.07, 6.45) is -1.22. The van der Waals surface area contributed by atoms with Crippen molar-refractivity contribution < 1.29 is 19.3 Å². The van der Waals surface area contributed by atoms with Gasteiger partial charge < -0.3 is 14.9 Å². The Bertz CT molecular complexity index is 719. The number of alkyl halides is 1. The standard InChI is InChI=1S/C16H14FNO3/c17-16-9-4-2-1-3-8(9)15-10-5-12(19)13(20)6-14(10)21-7-11(15)18-16/h1-6,11,15-16,18-20H,7H2. The van der Waals surface area contributed by atoms with E-state index in [1.165, 1.54) is 12.1 Å². The Morgan fingerprint density at radius 3 is 2.57 bits per heavy atom. The highest BCUT2D eigenvalue weighted by Gasteiger charge is 2.40. The third-order valence-electron chi connectivity index (χ3n) is 4.23. The largest absolute Gasteiger partial charge is 0.504 e. The molecule has 0 saturated heterocycles. The smallest absolute Gasteiger partial charge is 0.177 e. The number of hydrogen-bond acceptors (Lipinski definition) is 4. The van der Waals surface area contributed by atoms with Gasteiger partial charge in [0.15, 0.2) is 17.8 Å². The van der Waals surface area contributed by atoms with Crippen LogP contribution < -0.4 is 10.1 Å². The van der Waals surface area contributed by atoms with E-state index in [9.17, 15) is 14.6 Å². The molecule has 2 aliphatic heterocycles. The fourth-order valence-electron chi connectivity index (χ4n) is 3.27. The lowest BCUT2D eigenvalue weighted by atomic mass is 9.78. The predicted molar refractivity (Wildman–Crippen MR) is 74.3 cm³/mol. The van der Waals surface area contributed by atoms with Gasteiger partial charge in [-0.3, -0.25) is 5.32 Å². The van der Waals surface area contributed by atoms with Gasteiger partial charge in [-0.05, 0) is 11.6 Å². The molecule has 5 heteroatoms. The SMILES string of the molecule is Oc1cc2c(cc1O)C1c3ccccc3C(F)NC1CO2. The predicted octanol–water partition coefficient (Wildman–Crippen LogP) is 2.56. The van der Waals surface area contributed by atoms with Gasteiger partial charge in [0.05, 0.1) is 6.04 Å². The molecule has 2 aromatic rings. The molecular weight excluding hydrogens is 273 g/mol. The van der Waals surface area contributed by atoms with Crippen LogP contribution in [0.5, 0.6) is 17.2 Å². The molecule has 2 aliphatic rings. The Hall–Kier alpha value is -2.27. The number of fused-ring (bicyclic) bond motifs is 5. The summed E-state index contributed by atoms with van der Waals surface area (Å²) in [5.74, 6) is 0.00869. The van der Waals surface area contributed by atoms with Gasteiger partial charge in [-0.2, -0.15) is 0 Å². The quantitative estimate of drug-likeness (QED) is 0.515. The van der Waals surface area contributed by atoms with Gasteiger partial charge in [-0.1, -0.05) is 24.3 Å². The molecule has 0 fully saturated rings. The monoisotopic (exact) mass is 287 g/mol. The number of nitrogens with one attached hydrogen (secondary N) is 1. The second-order valence-electron chi connectivity index (χ2n) is 5.43. The number of halogens is 1. The minimum Gasteiger partial charge on any atom is -0.504 e. The van der Waals surface area contributed by atoms with Gasteiger partial charge >= 0.3 is 0 Å². The first kappa shape index (κ1) is 12.5. The van der Waals surface area contributed by atoms with E-state index in [0.29, 0.717) is 17.9 Å². The normalized spacial score (nSPS) is 26.2. The molecule has 0 aromatic heterocycles. The molecule has 4 rings (SSSR count). The maximum Gasteiger partial charge on any atom is 0.177 e. The van der Waals surface area contributed by atoms with Crippen LogP contribution in [-0.2, 0) is 0 Å². The number of phenols is 2. The van der Waals surface area contributed by atoms with Crippen LogP contribution >= 0.6 is 0 Å². The van der Waals surface area contributed by atoms with Gasteiger partial charge in [0, 0.05) is 23.1 Å². The molecular formula is C16H14FNO3. The van der Waals surface area contributed by atoms with Crippen molar-refractivity contribution in [2.24, 2.45) is 0 Å². The average Bonchev–Trinajstić information content (AvgIpc) is 2.49. The zero-order chi connectivity index (χ0) is 14.6. The lowest BCUT2D eigenvalue weighted by Crippen LogP contribution is -2.47. The summed E-state index contributed by atoms with van der Waals surface area (Å²) in [6.45, 7) is 0.316. The van der Waals surface area contributed by atoms with E-state index < -0.39 is 6.30 Å². The second-order valence-corrected chi connectivity index (χ2v) is 5.43. The van der Waals surface area contributed by atoms with E-state index in [1.54, 1.807) is 6.07 Å². The fourth-order valence-corrected chi connectivity index (χ4v) is 3.27. The van der Waals surface area contributed by atoms with Crippen LogP contribution in [0.3, 0.4) is 0 Å². The van der Waals surface area contributed by atoms with Gasteiger partial charge in [0.1, 0.15) is 12.4 Å². The Kier molecular flexibility index (Phi) is 2.59. The maximum atomic E-state index is 14.2. The zero-order valence-electron chi connectivity index (χ0n) is 11.1. The van der Waals surface area contributed by atoms with Crippen LogP contribution in [0, 0.1) is 0 Å². The second kappa shape index (κ2) is 4.36. The maximum absolute atomic E-state index is 14.2. The molecule has 0 saturated carbocycles. The van der Waals surface area contributed by atoms with Crippen molar-refractivity contribution in [3.8, 4) is 17.2 Å². The lowest BCUT2D eigenvalue weighted by molar-refractivity contribution is 0.154. The van der Waals surface area contributed by atoms with Crippen molar-refractivity contribution in [1.82, 2.24) is 5.32 Å². The summed E-state index contributed by atoms with van der Waals surface area (Å²) in [5.41, 5.74) is 2.26. The Balaban J connectivity index is 1.93. The minimum atomic E-state index is -1.22. The highest BCUT2D eigenvalue weighted by molar-refractivity contribution is 5.56. The Morgan fingerprint density at radius 1 is 1.05 bits per heavy atom. The third-order valence-corrected chi connectivity index (χ3v) is 4.23. The van der Waals surface area contributed by atoms with Gasteiger partial charge in [0.25, 0.3) is 0 Å². The Morgan fingerprint density at radius 2 is 1.76 bits per heavy atom. The molecule has 4 nitrogen and oxygen atoms in total. The minimum absolute atomic E-state index is 0.108. The molecule has 0 radical (unpaired) electrons. The molecule has 0 bridgehead atoms. The van der Waals surface area contributed by atoms with Crippen LogP contribution in [-0.4, -0.2) is 22.9 Å². The molecule has 2 heterocycles. The lowest BCUT2D eigenvalue weighted by Gasteiger charge is -2.40. The number of hydrogen-bond donors (Lipinski definition) is 3. The molecule has 0 amide bonds. The van der Waals surface area contributed by atoms with Crippen LogP contribution in [0.1, 0.15) is 28.9 Å². The highest BCUT2D eigenvalue weighted by Crippen LogP contribution is 2.47. The summed E-state index contributed by atoms with van der Waals surface area (Å²) in [5, 5.41) is 22.3. The van der Waals surface area contributed by atoms with E-state index >= 15 is 0 Å². The van der Waals surface area contributed by atoms with E-state index in [2.05, 4.69) is 5.32 Å². The van der Waals surface area contributed by atoms with Crippen molar-refractivity contribution in [3.05, 3.63) is 53.1 Å². The summed E-state index contributed by atoms with van der Waals surface area (Å²) < 4.78 is 19.8. The molecule has 108 valence electrons. The molecule has 3 atom stereocenters. The van der Waals surface area contributed by atoms with Gasteiger partial charge in [-0.15, -0.1) is 0 Å². The number of ether oxygens (including phenoxy) is 1. The van der Waals surface area contributed by atoms with E-state index in [-0.39, 0.29) is 23.5 Å². The third kappa shape index (κ3) is 1.77.